The van der Waals surface area contributed by atoms with Crippen LogP contribution < -0.4 is 0 Å². The van der Waals surface area contributed by atoms with Crippen molar-refractivity contribution in [3.63, 3.8) is 0 Å². The van der Waals surface area contributed by atoms with Crippen molar-refractivity contribution in [1.29, 1.82) is 0 Å². The molecule has 3 N–H and O–H groups in total. The largest absolute Gasteiger partial charge is 0.472 e. The van der Waals surface area contributed by atoms with Gasteiger partial charge in [0.05, 0.1) is 26.4 Å². The summed E-state index contributed by atoms with van der Waals surface area (Å²) in [5.41, 5.74) is 0. The molecule has 17 nitrogen and oxygen atoms in total. The molecule has 544 valence electrons. The number of esters is 4. The van der Waals surface area contributed by atoms with Gasteiger partial charge in [0, 0.05) is 25.7 Å². The summed E-state index contributed by atoms with van der Waals surface area (Å²) >= 11 is 0. The lowest BCUT2D eigenvalue weighted by Crippen LogP contribution is -2.30. The number of hydrogen-bond donors (Lipinski definition) is 3. The number of unbranched alkanes of at least 4 members (excludes halogenated alkanes) is 29. The molecule has 0 aromatic rings. The molecule has 5 unspecified atom stereocenters. The first-order valence-electron chi connectivity index (χ1n) is 36.8. The Balaban J connectivity index is 5.30. The van der Waals surface area contributed by atoms with Crippen LogP contribution in [0.1, 0.15) is 310 Å². The third kappa shape index (κ3) is 66.8. The Hall–Kier alpha value is -3.76. The van der Waals surface area contributed by atoms with Crippen LogP contribution in [0.3, 0.4) is 0 Å². The number of rotatable bonds is 69. The Bertz CT molecular complexity index is 2120. The van der Waals surface area contributed by atoms with Crippen LogP contribution in [0.5, 0.6) is 0 Å². The summed E-state index contributed by atoms with van der Waals surface area (Å²) in [6, 6.07) is 0. The molecular formula is C75H132O17P2. The SMILES string of the molecule is CC/C=C\C/C=C\C/C=C\C/C=C\CCCCCCC(=O)OCC(COP(=O)(O)OCC(O)COP(=O)(O)OCC(COC(=O)CCCCCCC/C=C\C/C=C\C/C=C\CC)OC(=O)CCCCCCCCCCCCC)OC(=O)CCCCCCCCCCCCC. The van der Waals surface area contributed by atoms with E-state index in [2.05, 4.69) is 113 Å². The van der Waals surface area contributed by atoms with Crippen LogP contribution in [0.2, 0.25) is 0 Å². The number of aliphatic hydroxyl groups excluding tert-OH is 1. The lowest BCUT2D eigenvalue weighted by atomic mass is 10.1. The van der Waals surface area contributed by atoms with Crippen molar-refractivity contribution in [2.75, 3.05) is 39.6 Å². The van der Waals surface area contributed by atoms with E-state index in [4.69, 9.17) is 37.0 Å². The van der Waals surface area contributed by atoms with E-state index in [0.29, 0.717) is 25.7 Å². The highest BCUT2D eigenvalue weighted by Crippen LogP contribution is 2.45. The maximum atomic E-state index is 13.0. The highest BCUT2D eigenvalue weighted by atomic mass is 31.2. The first-order valence-corrected chi connectivity index (χ1v) is 39.8. The maximum absolute atomic E-state index is 13.0. The van der Waals surface area contributed by atoms with Crippen LogP contribution in [0.25, 0.3) is 0 Å². The van der Waals surface area contributed by atoms with Gasteiger partial charge in [-0.05, 0) is 96.3 Å². The highest BCUT2D eigenvalue weighted by Gasteiger charge is 2.30. The number of phosphoric acid groups is 2. The molecular weight excluding hydrogens is 1230 g/mol. The molecule has 0 bridgehead atoms. The van der Waals surface area contributed by atoms with Gasteiger partial charge in [0.1, 0.15) is 19.3 Å². The van der Waals surface area contributed by atoms with Crippen molar-refractivity contribution >= 4 is 39.5 Å². The third-order valence-electron chi connectivity index (χ3n) is 15.4. The fourth-order valence-corrected chi connectivity index (χ4v) is 11.4. The quantitative estimate of drug-likeness (QED) is 0.0169. The van der Waals surface area contributed by atoms with E-state index in [1.54, 1.807) is 0 Å². The number of allylic oxidation sites excluding steroid dienone is 14. The van der Waals surface area contributed by atoms with Crippen molar-refractivity contribution < 1.29 is 80.2 Å². The molecule has 0 amide bonds. The summed E-state index contributed by atoms with van der Waals surface area (Å²) in [7, 11) is -9.94. The maximum Gasteiger partial charge on any atom is 0.472 e. The molecule has 0 saturated heterocycles. The van der Waals surface area contributed by atoms with Crippen molar-refractivity contribution in [2.45, 2.75) is 329 Å². The molecule has 0 spiro atoms. The van der Waals surface area contributed by atoms with Gasteiger partial charge in [0.2, 0.25) is 0 Å². The Morgan fingerprint density at radius 3 is 0.851 bits per heavy atom. The summed E-state index contributed by atoms with van der Waals surface area (Å²) in [5.74, 6) is -2.20. The van der Waals surface area contributed by atoms with Gasteiger partial charge in [-0.1, -0.05) is 273 Å². The first-order chi connectivity index (χ1) is 45.7. The van der Waals surface area contributed by atoms with E-state index >= 15 is 0 Å². The second kappa shape index (κ2) is 67.8. The van der Waals surface area contributed by atoms with Crippen LogP contribution in [-0.2, 0) is 65.4 Å². The number of carbonyl (C=O) groups is 4. The minimum absolute atomic E-state index is 0.0926. The number of hydrogen-bond acceptors (Lipinski definition) is 15. The van der Waals surface area contributed by atoms with Crippen LogP contribution in [0, 0.1) is 0 Å². The molecule has 0 heterocycles. The fraction of sp³-hybridized carbons (Fsp3) is 0.760. The molecule has 0 aliphatic rings. The number of phosphoric ester groups is 2. The molecule has 0 aromatic carbocycles. The molecule has 5 atom stereocenters. The van der Waals surface area contributed by atoms with E-state index in [0.717, 1.165) is 154 Å². The van der Waals surface area contributed by atoms with Crippen LogP contribution >= 0.6 is 15.6 Å². The van der Waals surface area contributed by atoms with E-state index in [-0.39, 0.29) is 25.7 Å². The molecule has 0 aromatic heterocycles. The van der Waals surface area contributed by atoms with Crippen LogP contribution in [0.15, 0.2) is 85.1 Å². The highest BCUT2D eigenvalue weighted by molar-refractivity contribution is 7.47. The van der Waals surface area contributed by atoms with Gasteiger partial charge in [0.15, 0.2) is 12.2 Å². The lowest BCUT2D eigenvalue weighted by Gasteiger charge is -2.21. The molecule has 94 heavy (non-hydrogen) atoms. The zero-order valence-electron chi connectivity index (χ0n) is 59.1. The molecule has 0 saturated carbocycles. The molecule has 0 aliphatic heterocycles. The average Bonchev–Trinajstić information content (AvgIpc) is 1.32. The van der Waals surface area contributed by atoms with Gasteiger partial charge < -0.3 is 33.8 Å². The van der Waals surface area contributed by atoms with Crippen molar-refractivity contribution in [1.82, 2.24) is 0 Å². The van der Waals surface area contributed by atoms with Gasteiger partial charge in [-0.25, -0.2) is 9.13 Å². The standard InChI is InChI=1S/C75H132O17P2/c1-5-9-13-17-21-25-29-31-33-34-36-38-42-44-48-52-56-60-73(78)86-66-71(92-75(80)62-58-54-50-46-40-28-24-20-16-12-8-4)68-90-94(83,84)88-64-69(76)63-87-93(81,82)89-67-70(91-74(79)61-57-53-49-45-39-27-23-19-15-11-7-3)65-85-72(77)59-55-51-47-43-41-37-35-32-30-26-22-18-14-10-6-2/h9-10,13-14,21-22,25-26,31-33,35-36,38,69-71,76H,5-8,11-12,15-20,23-24,27-30,34,37,39-68H2,1-4H3,(H,81,82)(H,83,84)/b13-9-,14-10-,25-21-,26-22-,33-31-,35-32-,38-36-. The number of carbonyl (C=O) groups excluding carboxylic acids is 4. The second-order valence-corrected chi connectivity index (χ2v) is 27.4. The second-order valence-electron chi connectivity index (χ2n) is 24.5. The van der Waals surface area contributed by atoms with Crippen molar-refractivity contribution in [3.05, 3.63) is 85.1 Å². The fourth-order valence-electron chi connectivity index (χ4n) is 9.81. The Labute approximate surface area is 570 Å². The minimum Gasteiger partial charge on any atom is -0.462 e. The lowest BCUT2D eigenvalue weighted by molar-refractivity contribution is -0.161. The summed E-state index contributed by atoms with van der Waals surface area (Å²) < 4.78 is 68.3. The number of aliphatic hydroxyl groups is 1. The zero-order valence-corrected chi connectivity index (χ0v) is 60.9. The Morgan fingerprint density at radius 2 is 0.553 bits per heavy atom. The van der Waals surface area contributed by atoms with Gasteiger partial charge in [-0.15, -0.1) is 0 Å². The molecule has 0 fully saturated rings. The zero-order chi connectivity index (χ0) is 69.0. The van der Waals surface area contributed by atoms with Gasteiger partial charge in [0.25, 0.3) is 0 Å². The monoisotopic (exact) mass is 1370 g/mol. The van der Waals surface area contributed by atoms with E-state index in [1.165, 1.54) is 77.0 Å². The predicted molar refractivity (Wildman–Crippen MR) is 381 cm³/mol. The van der Waals surface area contributed by atoms with E-state index < -0.39 is 97.5 Å². The third-order valence-corrected chi connectivity index (χ3v) is 17.3. The average molecular weight is 1370 g/mol. The predicted octanol–water partition coefficient (Wildman–Crippen LogP) is 20.7. The van der Waals surface area contributed by atoms with Gasteiger partial charge in [-0.2, -0.15) is 0 Å². The summed E-state index contributed by atoms with van der Waals surface area (Å²) in [5, 5.41) is 10.6. The summed E-state index contributed by atoms with van der Waals surface area (Å²) in [6.45, 7) is 4.60. The van der Waals surface area contributed by atoms with Crippen LogP contribution in [-0.4, -0.2) is 96.7 Å². The molecule has 0 radical (unpaired) electrons. The number of ether oxygens (including phenoxy) is 4. The summed E-state index contributed by atoms with van der Waals surface area (Å²) in [4.78, 5) is 72.6. The van der Waals surface area contributed by atoms with E-state index in [1.807, 2.05) is 0 Å². The smallest absolute Gasteiger partial charge is 0.462 e. The topological polar surface area (TPSA) is 237 Å². The Kier molecular flexibility index (Phi) is 65.1. The molecule has 0 aliphatic carbocycles. The Morgan fingerprint density at radius 1 is 0.309 bits per heavy atom. The van der Waals surface area contributed by atoms with Gasteiger partial charge >= 0.3 is 39.5 Å². The van der Waals surface area contributed by atoms with Crippen molar-refractivity contribution in [2.24, 2.45) is 0 Å². The molecule has 19 heteroatoms. The summed E-state index contributed by atoms with van der Waals surface area (Å²) in [6.07, 6.45) is 67.3. The minimum atomic E-state index is -4.97. The van der Waals surface area contributed by atoms with Crippen LogP contribution in [0.4, 0.5) is 0 Å². The van der Waals surface area contributed by atoms with E-state index in [9.17, 15) is 43.2 Å². The van der Waals surface area contributed by atoms with Gasteiger partial charge in [-0.3, -0.25) is 37.3 Å². The molecule has 0 rings (SSSR count). The first kappa shape index (κ1) is 90.2. The van der Waals surface area contributed by atoms with Crippen molar-refractivity contribution in [3.8, 4) is 0 Å². The normalized spacial score (nSPS) is 14.5.